The van der Waals surface area contributed by atoms with Crippen LogP contribution in [0.3, 0.4) is 0 Å². The van der Waals surface area contributed by atoms with Gasteiger partial charge in [-0.3, -0.25) is 14.5 Å². The summed E-state index contributed by atoms with van der Waals surface area (Å²) in [4.78, 5) is 31.7. The maximum atomic E-state index is 12.9. The van der Waals surface area contributed by atoms with Crippen LogP contribution in [-0.4, -0.2) is 52.3 Å². The molecule has 6 rings (SSSR count). The minimum absolute atomic E-state index is 0.0185. The van der Waals surface area contributed by atoms with Crippen molar-refractivity contribution in [3.05, 3.63) is 64.8 Å². The molecule has 1 aromatic heterocycles. The lowest BCUT2D eigenvalue weighted by molar-refractivity contribution is -0.274. The molecular formula is C29H30F3N5O4. The number of fused-ring (bicyclic) bond motifs is 1. The highest BCUT2D eigenvalue weighted by Gasteiger charge is 2.47. The van der Waals surface area contributed by atoms with Crippen molar-refractivity contribution in [1.29, 1.82) is 0 Å². The van der Waals surface area contributed by atoms with E-state index in [9.17, 15) is 22.8 Å². The number of carbonyl (C=O) groups is 2. The van der Waals surface area contributed by atoms with E-state index in [0.29, 0.717) is 43.2 Å². The fourth-order valence-electron chi connectivity index (χ4n) is 5.47. The van der Waals surface area contributed by atoms with E-state index in [1.807, 2.05) is 12.1 Å². The second kappa shape index (κ2) is 10.8. The van der Waals surface area contributed by atoms with E-state index in [-0.39, 0.29) is 48.5 Å². The summed E-state index contributed by atoms with van der Waals surface area (Å²) in [5, 5.41) is 9.85. The normalized spacial score (nSPS) is 20.3. The van der Waals surface area contributed by atoms with Crippen molar-refractivity contribution in [1.82, 2.24) is 25.7 Å². The fraction of sp³-hybridized carbons (Fsp3) is 0.448. The Hall–Kier alpha value is -3.93. The third-order valence-electron chi connectivity index (χ3n) is 7.72. The largest absolute Gasteiger partial charge is 0.573 e. The third kappa shape index (κ3) is 6.53. The molecule has 0 spiro atoms. The Labute approximate surface area is 234 Å². The van der Waals surface area contributed by atoms with Crippen LogP contribution in [0.5, 0.6) is 5.75 Å². The average Bonchev–Trinajstić information content (AvgIpc) is 3.85. The molecule has 216 valence electrons. The van der Waals surface area contributed by atoms with Crippen molar-refractivity contribution in [2.45, 2.75) is 64.0 Å². The van der Waals surface area contributed by atoms with Crippen molar-refractivity contribution < 1.29 is 32.0 Å². The van der Waals surface area contributed by atoms with E-state index in [1.54, 1.807) is 13.0 Å². The van der Waals surface area contributed by atoms with Crippen LogP contribution in [0, 0.1) is 12.8 Å². The molecule has 0 saturated heterocycles. The molecule has 1 aliphatic heterocycles. The highest BCUT2D eigenvalue weighted by Crippen LogP contribution is 2.47. The highest BCUT2D eigenvalue weighted by atomic mass is 19.4. The minimum atomic E-state index is -4.79. The van der Waals surface area contributed by atoms with Gasteiger partial charge in [-0.25, -0.2) is 0 Å². The van der Waals surface area contributed by atoms with Gasteiger partial charge >= 0.3 is 6.36 Å². The second-order valence-corrected chi connectivity index (χ2v) is 11.0. The van der Waals surface area contributed by atoms with Crippen LogP contribution in [0.4, 0.5) is 13.2 Å². The van der Waals surface area contributed by atoms with E-state index in [0.717, 1.165) is 35.1 Å². The van der Waals surface area contributed by atoms with Gasteiger partial charge in [-0.2, -0.15) is 4.98 Å². The van der Waals surface area contributed by atoms with Gasteiger partial charge in [0, 0.05) is 25.7 Å². The molecular weight excluding hydrogens is 539 g/mol. The summed E-state index contributed by atoms with van der Waals surface area (Å²) >= 11 is 0. The molecule has 3 aliphatic rings. The van der Waals surface area contributed by atoms with Crippen molar-refractivity contribution in [3.8, 4) is 16.9 Å². The molecule has 0 bridgehead atoms. The lowest BCUT2D eigenvalue weighted by atomic mass is 9.87. The number of rotatable bonds is 9. The first-order chi connectivity index (χ1) is 19.6. The Balaban J connectivity index is 1.22. The fourth-order valence-corrected chi connectivity index (χ4v) is 5.47. The van der Waals surface area contributed by atoms with Crippen molar-refractivity contribution in [2.75, 3.05) is 13.1 Å². The van der Waals surface area contributed by atoms with E-state index in [1.165, 1.54) is 18.2 Å². The number of alkyl halides is 3. The van der Waals surface area contributed by atoms with Crippen molar-refractivity contribution in [3.63, 3.8) is 0 Å². The third-order valence-corrected chi connectivity index (χ3v) is 7.72. The zero-order valence-electron chi connectivity index (χ0n) is 22.5. The van der Waals surface area contributed by atoms with Gasteiger partial charge in [0.25, 0.3) is 0 Å². The summed E-state index contributed by atoms with van der Waals surface area (Å²) in [6.07, 6.45) is -1.52. The number of ether oxygens (including phenoxy) is 1. The number of carbonyl (C=O) groups excluding carboxylic acids is 2. The molecule has 2 aliphatic carbocycles. The lowest BCUT2D eigenvalue weighted by Crippen LogP contribution is -2.41. The summed E-state index contributed by atoms with van der Waals surface area (Å²) < 4.78 is 47.9. The molecule has 2 unspecified atom stereocenters. The van der Waals surface area contributed by atoms with E-state index >= 15 is 0 Å². The number of nitrogens with zero attached hydrogens (tertiary/aromatic N) is 3. The maximum absolute atomic E-state index is 12.9. The predicted octanol–water partition coefficient (Wildman–Crippen LogP) is 4.00. The molecule has 3 aromatic rings. The van der Waals surface area contributed by atoms with Crippen LogP contribution >= 0.6 is 0 Å². The zero-order chi connectivity index (χ0) is 28.7. The number of hydrogen-bond donors (Lipinski definition) is 2. The van der Waals surface area contributed by atoms with Gasteiger partial charge in [0.1, 0.15) is 5.75 Å². The Morgan fingerprint density at radius 3 is 2.73 bits per heavy atom. The van der Waals surface area contributed by atoms with Gasteiger partial charge in [-0.15, -0.1) is 13.2 Å². The molecule has 2 N–H and O–H groups in total. The summed E-state index contributed by atoms with van der Waals surface area (Å²) in [6, 6.07) is 9.98. The van der Waals surface area contributed by atoms with Crippen LogP contribution in [-0.2, 0) is 29.1 Å². The number of hydrogen-bond acceptors (Lipinski definition) is 7. The standard InChI is InChI=1S/C29H30F3N5O4/c1-16-34-28(41-36-16)24-12-23(24)27(39)33-13-18-5-8-21(17-3-2-4-20(11-17)40-29(30,31)32)22-9-10-37(14-25(18)22)15-26(38)35-19-6-7-19/h2-5,8,11,19,23-24H,6-7,9-10,12-15H2,1H3,(H,33,39)(H,35,38). The summed E-state index contributed by atoms with van der Waals surface area (Å²) in [5.41, 5.74) is 4.27. The summed E-state index contributed by atoms with van der Waals surface area (Å²) in [6.45, 7) is 3.38. The number of nitrogens with one attached hydrogen (secondary N) is 2. The molecule has 2 fully saturated rings. The lowest BCUT2D eigenvalue weighted by Gasteiger charge is -2.31. The molecule has 41 heavy (non-hydrogen) atoms. The Morgan fingerprint density at radius 2 is 2.00 bits per heavy atom. The SMILES string of the molecule is Cc1noc(C2CC2C(=O)NCc2ccc(-c3cccc(OC(F)(F)F)c3)c3c2CN(CC(=O)NC2CC2)CC3)n1. The summed E-state index contributed by atoms with van der Waals surface area (Å²) in [5.74, 6) is 0.282. The van der Waals surface area contributed by atoms with Crippen molar-refractivity contribution >= 4 is 11.8 Å². The molecule has 2 saturated carbocycles. The number of amides is 2. The Kier molecular flexibility index (Phi) is 7.18. The number of aromatic nitrogens is 2. The van der Waals surface area contributed by atoms with Crippen LogP contribution in [0.1, 0.15) is 53.6 Å². The topological polar surface area (TPSA) is 110 Å². The van der Waals surface area contributed by atoms with Gasteiger partial charge < -0.3 is 19.9 Å². The van der Waals surface area contributed by atoms with Gasteiger partial charge in [0.2, 0.25) is 17.7 Å². The highest BCUT2D eigenvalue weighted by molar-refractivity contribution is 5.82. The number of halogens is 3. The molecule has 2 amide bonds. The number of aryl methyl sites for hydroxylation is 1. The Morgan fingerprint density at radius 1 is 1.17 bits per heavy atom. The molecule has 2 aromatic carbocycles. The van der Waals surface area contributed by atoms with Crippen LogP contribution < -0.4 is 15.4 Å². The van der Waals surface area contributed by atoms with E-state index < -0.39 is 6.36 Å². The molecule has 9 nitrogen and oxygen atoms in total. The van der Waals surface area contributed by atoms with E-state index in [2.05, 4.69) is 30.4 Å². The quantitative estimate of drug-likeness (QED) is 0.401. The first-order valence-corrected chi connectivity index (χ1v) is 13.7. The molecule has 0 radical (unpaired) electrons. The zero-order valence-corrected chi connectivity index (χ0v) is 22.5. The predicted molar refractivity (Wildman–Crippen MR) is 140 cm³/mol. The average molecular weight is 570 g/mol. The van der Waals surface area contributed by atoms with Gasteiger partial charge in [0.15, 0.2) is 5.82 Å². The molecule has 12 heteroatoms. The maximum Gasteiger partial charge on any atom is 0.573 e. The van der Waals surface area contributed by atoms with Gasteiger partial charge in [-0.05, 0) is 72.6 Å². The second-order valence-electron chi connectivity index (χ2n) is 11.0. The molecule has 2 heterocycles. The van der Waals surface area contributed by atoms with Gasteiger partial charge in [0.05, 0.1) is 18.4 Å². The van der Waals surface area contributed by atoms with Crippen molar-refractivity contribution in [2.24, 2.45) is 5.92 Å². The van der Waals surface area contributed by atoms with Gasteiger partial charge in [-0.1, -0.05) is 29.4 Å². The Bertz CT molecular complexity index is 1470. The van der Waals surface area contributed by atoms with E-state index in [4.69, 9.17) is 4.52 Å². The van der Waals surface area contributed by atoms with Crippen LogP contribution in [0.25, 0.3) is 11.1 Å². The minimum Gasteiger partial charge on any atom is -0.406 e. The smallest absolute Gasteiger partial charge is 0.406 e. The monoisotopic (exact) mass is 569 g/mol. The first-order valence-electron chi connectivity index (χ1n) is 13.7. The van der Waals surface area contributed by atoms with Crippen LogP contribution in [0.15, 0.2) is 40.9 Å². The first kappa shape index (κ1) is 27.3. The number of benzene rings is 2. The molecule has 2 atom stereocenters. The van der Waals surface area contributed by atoms with Crippen LogP contribution in [0.2, 0.25) is 0 Å². The summed E-state index contributed by atoms with van der Waals surface area (Å²) in [7, 11) is 0.